The molecule has 0 amide bonds. The third-order valence-corrected chi connectivity index (χ3v) is 3.30. The Hall–Kier alpha value is -1.32. The third kappa shape index (κ3) is 8.79. The van der Waals surface area contributed by atoms with Crippen LogP contribution in [0.3, 0.4) is 0 Å². The van der Waals surface area contributed by atoms with Crippen LogP contribution in [0.1, 0.15) is 52.9 Å². The van der Waals surface area contributed by atoms with Gasteiger partial charge in [0.2, 0.25) is 0 Å². The van der Waals surface area contributed by atoms with E-state index < -0.39 is 11.9 Å². The average molecular weight is 256 g/mol. The van der Waals surface area contributed by atoms with Crippen molar-refractivity contribution in [3.05, 3.63) is 11.6 Å². The van der Waals surface area contributed by atoms with Crippen LogP contribution in [0.2, 0.25) is 0 Å². The number of aliphatic carboxylic acids is 2. The lowest BCUT2D eigenvalue weighted by Gasteiger charge is -2.26. The van der Waals surface area contributed by atoms with Crippen LogP contribution in [0, 0.1) is 11.8 Å². The van der Waals surface area contributed by atoms with Gasteiger partial charge in [0.25, 0.3) is 5.97 Å². The minimum atomic E-state index is -0.833. The fourth-order valence-electron chi connectivity index (χ4n) is 2.09. The fraction of sp³-hybridized carbons (Fsp3) is 0.714. The van der Waals surface area contributed by atoms with Crippen LogP contribution < -0.4 is 0 Å². The maximum atomic E-state index is 10.4. The SMILES string of the molecule is CC(=O)O.CC1=CCC(C(C)CCC(=O)O)CC1. The molecule has 0 heterocycles. The molecule has 0 aromatic heterocycles. The van der Waals surface area contributed by atoms with Crippen molar-refractivity contribution in [3.63, 3.8) is 0 Å². The Morgan fingerprint density at radius 2 is 2.00 bits per heavy atom. The van der Waals surface area contributed by atoms with Crippen LogP contribution in [-0.2, 0) is 9.59 Å². The Kier molecular flexibility index (Phi) is 8.08. The second-order valence-electron chi connectivity index (χ2n) is 5.01. The lowest BCUT2D eigenvalue weighted by molar-refractivity contribution is -0.137. The predicted molar refractivity (Wildman–Crippen MR) is 70.4 cm³/mol. The van der Waals surface area contributed by atoms with Gasteiger partial charge in [-0.1, -0.05) is 18.6 Å². The molecule has 0 fully saturated rings. The molecular formula is C14H24O4. The first-order valence-corrected chi connectivity index (χ1v) is 6.39. The first kappa shape index (κ1) is 16.7. The molecule has 0 spiro atoms. The van der Waals surface area contributed by atoms with Gasteiger partial charge in [-0.2, -0.15) is 0 Å². The zero-order valence-corrected chi connectivity index (χ0v) is 11.5. The number of hydrogen-bond donors (Lipinski definition) is 2. The molecule has 104 valence electrons. The van der Waals surface area contributed by atoms with Crippen LogP contribution in [0.25, 0.3) is 0 Å². The molecule has 4 nitrogen and oxygen atoms in total. The summed E-state index contributed by atoms with van der Waals surface area (Å²) in [5, 5.41) is 16.0. The summed E-state index contributed by atoms with van der Waals surface area (Å²) < 4.78 is 0. The number of carbonyl (C=O) groups is 2. The highest BCUT2D eigenvalue weighted by molar-refractivity contribution is 5.66. The van der Waals surface area contributed by atoms with E-state index in [0.717, 1.165) is 19.8 Å². The summed E-state index contributed by atoms with van der Waals surface area (Å²) in [6.07, 6.45) is 7.04. The molecule has 2 N–H and O–H groups in total. The molecule has 4 heteroatoms. The van der Waals surface area contributed by atoms with Gasteiger partial charge in [-0.25, -0.2) is 0 Å². The van der Waals surface area contributed by atoms with Crippen molar-refractivity contribution < 1.29 is 19.8 Å². The number of carboxylic acid groups (broad SMARTS) is 2. The molecule has 1 rings (SSSR count). The van der Waals surface area contributed by atoms with Crippen molar-refractivity contribution in [1.82, 2.24) is 0 Å². The molecule has 1 aliphatic carbocycles. The Labute approximate surface area is 109 Å². The molecule has 2 atom stereocenters. The molecule has 0 aromatic rings. The third-order valence-electron chi connectivity index (χ3n) is 3.30. The molecule has 0 aliphatic heterocycles. The van der Waals surface area contributed by atoms with Crippen molar-refractivity contribution in [1.29, 1.82) is 0 Å². The standard InChI is InChI=1S/C12H20O2.C2H4O2/c1-9-3-6-11(7-4-9)10(2)5-8-12(13)14;1-2(3)4/h3,10-11H,4-8H2,1-2H3,(H,13,14);1H3,(H,3,4). The minimum absolute atomic E-state index is 0.320. The molecular weight excluding hydrogens is 232 g/mol. The van der Waals surface area contributed by atoms with Crippen molar-refractivity contribution in [3.8, 4) is 0 Å². The van der Waals surface area contributed by atoms with Gasteiger partial charge in [0.1, 0.15) is 0 Å². The van der Waals surface area contributed by atoms with Crippen molar-refractivity contribution in [2.45, 2.75) is 52.9 Å². The maximum Gasteiger partial charge on any atom is 0.303 e. The van der Waals surface area contributed by atoms with Gasteiger partial charge in [-0.05, 0) is 44.4 Å². The van der Waals surface area contributed by atoms with E-state index in [9.17, 15) is 4.79 Å². The summed E-state index contributed by atoms with van der Waals surface area (Å²) in [7, 11) is 0. The van der Waals surface area contributed by atoms with E-state index in [1.807, 2.05) is 0 Å². The zero-order chi connectivity index (χ0) is 14.1. The van der Waals surface area contributed by atoms with Gasteiger partial charge in [-0.3, -0.25) is 9.59 Å². The average Bonchev–Trinajstić information content (AvgIpc) is 2.26. The summed E-state index contributed by atoms with van der Waals surface area (Å²) in [5.74, 6) is -0.243. The van der Waals surface area contributed by atoms with Crippen LogP contribution in [0.5, 0.6) is 0 Å². The lowest BCUT2D eigenvalue weighted by Crippen LogP contribution is -2.15. The van der Waals surface area contributed by atoms with Crippen LogP contribution >= 0.6 is 0 Å². The smallest absolute Gasteiger partial charge is 0.303 e. The van der Waals surface area contributed by atoms with Crippen molar-refractivity contribution in [2.75, 3.05) is 0 Å². The number of carboxylic acids is 2. The van der Waals surface area contributed by atoms with Gasteiger partial charge < -0.3 is 10.2 Å². The summed E-state index contributed by atoms with van der Waals surface area (Å²) in [6.45, 7) is 5.44. The maximum absolute atomic E-state index is 10.4. The van der Waals surface area contributed by atoms with E-state index in [-0.39, 0.29) is 0 Å². The Bertz CT molecular complexity index is 303. The first-order valence-electron chi connectivity index (χ1n) is 6.39. The number of hydrogen-bond acceptors (Lipinski definition) is 2. The van der Waals surface area contributed by atoms with E-state index in [1.54, 1.807) is 0 Å². The van der Waals surface area contributed by atoms with Crippen LogP contribution in [-0.4, -0.2) is 22.2 Å². The van der Waals surface area contributed by atoms with E-state index in [1.165, 1.54) is 18.4 Å². The number of allylic oxidation sites excluding steroid dienone is 2. The lowest BCUT2D eigenvalue weighted by atomic mass is 9.80. The topological polar surface area (TPSA) is 74.6 Å². The normalized spacial score (nSPS) is 20.2. The second kappa shape index (κ2) is 8.72. The minimum Gasteiger partial charge on any atom is -0.481 e. The molecule has 0 bridgehead atoms. The molecule has 0 saturated carbocycles. The van der Waals surface area contributed by atoms with Crippen LogP contribution in [0.15, 0.2) is 11.6 Å². The largest absolute Gasteiger partial charge is 0.481 e. The van der Waals surface area contributed by atoms with Gasteiger partial charge in [-0.15, -0.1) is 0 Å². The van der Waals surface area contributed by atoms with Gasteiger partial charge in [0, 0.05) is 13.3 Å². The molecule has 18 heavy (non-hydrogen) atoms. The highest BCUT2D eigenvalue weighted by Crippen LogP contribution is 2.31. The Balaban J connectivity index is 0.000000631. The summed E-state index contributed by atoms with van der Waals surface area (Å²) >= 11 is 0. The van der Waals surface area contributed by atoms with E-state index >= 15 is 0 Å². The van der Waals surface area contributed by atoms with Gasteiger partial charge >= 0.3 is 5.97 Å². The first-order chi connectivity index (χ1) is 8.32. The van der Waals surface area contributed by atoms with E-state index in [0.29, 0.717) is 18.3 Å². The summed E-state index contributed by atoms with van der Waals surface area (Å²) in [4.78, 5) is 19.4. The number of rotatable bonds is 4. The monoisotopic (exact) mass is 256 g/mol. The highest BCUT2D eigenvalue weighted by atomic mass is 16.4. The van der Waals surface area contributed by atoms with E-state index in [2.05, 4.69) is 19.9 Å². The molecule has 0 aromatic carbocycles. The van der Waals surface area contributed by atoms with Gasteiger partial charge in [0.05, 0.1) is 0 Å². The second-order valence-corrected chi connectivity index (χ2v) is 5.01. The summed E-state index contributed by atoms with van der Waals surface area (Å²) in [5.41, 5.74) is 1.49. The molecule has 2 unspecified atom stereocenters. The molecule has 1 aliphatic rings. The van der Waals surface area contributed by atoms with Crippen molar-refractivity contribution in [2.24, 2.45) is 11.8 Å². The highest BCUT2D eigenvalue weighted by Gasteiger charge is 2.19. The zero-order valence-electron chi connectivity index (χ0n) is 11.5. The molecule has 0 saturated heterocycles. The Morgan fingerprint density at radius 1 is 1.44 bits per heavy atom. The molecule has 0 radical (unpaired) electrons. The van der Waals surface area contributed by atoms with Crippen molar-refractivity contribution >= 4 is 11.9 Å². The quantitative estimate of drug-likeness (QED) is 0.756. The van der Waals surface area contributed by atoms with E-state index in [4.69, 9.17) is 15.0 Å². The summed E-state index contributed by atoms with van der Waals surface area (Å²) in [6, 6.07) is 0. The van der Waals surface area contributed by atoms with Gasteiger partial charge in [0.15, 0.2) is 0 Å². The predicted octanol–water partition coefficient (Wildman–Crippen LogP) is 3.32. The van der Waals surface area contributed by atoms with Crippen LogP contribution in [0.4, 0.5) is 0 Å². The fourth-order valence-corrected chi connectivity index (χ4v) is 2.09. The Morgan fingerprint density at radius 3 is 2.39 bits per heavy atom.